The third kappa shape index (κ3) is 6.44. The van der Waals surface area contributed by atoms with Crippen LogP contribution in [0.5, 0.6) is 0 Å². The summed E-state index contributed by atoms with van der Waals surface area (Å²) < 4.78 is 38.5. The molecule has 0 aliphatic carbocycles. The number of anilines is 1. The lowest BCUT2D eigenvalue weighted by Crippen LogP contribution is -2.38. The molecule has 0 unspecified atom stereocenters. The number of nitrogens with one attached hydrogen (secondary N) is 3. The third-order valence-corrected chi connectivity index (χ3v) is 6.95. The number of hydrogen-bond acceptors (Lipinski definition) is 8. The molecule has 4 heterocycles. The van der Waals surface area contributed by atoms with Crippen LogP contribution in [0.3, 0.4) is 0 Å². The Hall–Kier alpha value is -3.80. The molecule has 2 aromatic heterocycles. The number of nitrogens with zero attached hydrogens (tertiary/aromatic N) is 4. The monoisotopic (exact) mass is 549 g/mol. The van der Waals surface area contributed by atoms with E-state index in [0.29, 0.717) is 28.1 Å². The summed E-state index contributed by atoms with van der Waals surface area (Å²) in [7, 11) is 0. The summed E-state index contributed by atoms with van der Waals surface area (Å²) >= 11 is 1.39. The second-order valence-electron chi connectivity index (χ2n) is 9.08. The molecule has 1 fully saturated rings. The normalized spacial score (nSPS) is 16.9. The minimum Gasteiger partial charge on any atom is -0.379 e. The zero-order valence-corrected chi connectivity index (χ0v) is 22.3. The van der Waals surface area contributed by atoms with Crippen LogP contribution in [0, 0.1) is 17.0 Å². The number of ether oxygens (including phenoxy) is 1. The van der Waals surface area contributed by atoms with Gasteiger partial charge in [0, 0.05) is 84.2 Å². The number of benzene rings is 1. The van der Waals surface area contributed by atoms with Crippen molar-refractivity contribution >= 4 is 35.0 Å². The molecule has 11 heteroatoms. The summed E-state index contributed by atoms with van der Waals surface area (Å²) in [4.78, 5) is 6.33. The fourth-order valence-electron chi connectivity index (χ4n) is 4.52. The Morgan fingerprint density at radius 2 is 1.97 bits per heavy atom. The summed E-state index contributed by atoms with van der Waals surface area (Å²) in [5, 5.41) is 15.9. The van der Waals surface area contributed by atoms with Crippen molar-refractivity contribution in [2.75, 3.05) is 43.8 Å². The van der Waals surface area contributed by atoms with Crippen molar-refractivity contribution in [1.82, 2.24) is 25.0 Å². The number of allylic oxidation sites excluding steroid dienone is 4. The van der Waals surface area contributed by atoms with E-state index in [2.05, 4.69) is 25.0 Å². The largest absolute Gasteiger partial charge is 0.379 e. The standard InChI is InChI=1S/C28H29F2N7OS/c1-39-35-24-11-20(10-21(12-24)28-26(30)13-23(29)17-33-28)25(14-31)27-3-2-19(15-32-27)22-16-34-37(18-22)5-4-36-6-8-38-9-7-36/h2-3,10-18,31-32,35H,4-9H2,1H3/b27-25+,31-14?. The summed E-state index contributed by atoms with van der Waals surface area (Å²) in [6, 6.07) is 6.18. The molecule has 8 nitrogen and oxygen atoms in total. The number of hydrogen-bond donors (Lipinski definition) is 3. The van der Waals surface area contributed by atoms with Gasteiger partial charge >= 0.3 is 0 Å². The average molecular weight is 550 g/mol. The molecule has 0 amide bonds. The smallest absolute Gasteiger partial charge is 0.152 e. The molecule has 1 aromatic carbocycles. The second-order valence-corrected chi connectivity index (χ2v) is 9.70. The van der Waals surface area contributed by atoms with E-state index >= 15 is 0 Å². The van der Waals surface area contributed by atoms with Crippen molar-refractivity contribution in [3.05, 3.63) is 89.7 Å². The van der Waals surface area contributed by atoms with E-state index < -0.39 is 11.6 Å². The highest BCUT2D eigenvalue weighted by atomic mass is 32.2. The van der Waals surface area contributed by atoms with Crippen LogP contribution >= 0.6 is 11.9 Å². The van der Waals surface area contributed by atoms with E-state index in [-0.39, 0.29) is 5.69 Å². The SMILES string of the molecule is CSNc1cc(/C(C=N)=C2\C=CC(c3cnn(CCN4CCOCC4)c3)=CN2)cc(-c2ncc(F)cc2F)c1. The topological polar surface area (TPSA) is 91.1 Å². The van der Waals surface area contributed by atoms with Crippen molar-refractivity contribution in [1.29, 1.82) is 5.41 Å². The molecule has 5 rings (SSSR count). The van der Waals surface area contributed by atoms with Gasteiger partial charge in [-0.2, -0.15) is 5.10 Å². The molecule has 0 atom stereocenters. The van der Waals surface area contributed by atoms with Gasteiger partial charge in [-0.1, -0.05) is 18.0 Å². The summed E-state index contributed by atoms with van der Waals surface area (Å²) in [5.74, 6) is -1.49. The van der Waals surface area contributed by atoms with Crippen molar-refractivity contribution in [3.8, 4) is 11.3 Å². The fourth-order valence-corrected chi connectivity index (χ4v) is 4.87. The highest BCUT2D eigenvalue weighted by molar-refractivity contribution is 7.99. The number of morpholine rings is 1. The van der Waals surface area contributed by atoms with E-state index in [1.54, 1.807) is 12.1 Å². The van der Waals surface area contributed by atoms with Crippen LogP contribution in [0.15, 0.2) is 66.9 Å². The molecule has 3 N–H and O–H groups in total. The van der Waals surface area contributed by atoms with E-state index in [9.17, 15) is 8.78 Å². The van der Waals surface area contributed by atoms with Crippen LogP contribution in [0.4, 0.5) is 14.5 Å². The van der Waals surface area contributed by atoms with Gasteiger partial charge in [-0.05, 0) is 29.8 Å². The molecule has 0 spiro atoms. The highest BCUT2D eigenvalue weighted by Crippen LogP contribution is 2.31. The van der Waals surface area contributed by atoms with Crippen molar-refractivity contribution in [2.45, 2.75) is 6.54 Å². The molecular weight excluding hydrogens is 520 g/mol. The first-order valence-electron chi connectivity index (χ1n) is 12.5. The van der Waals surface area contributed by atoms with Gasteiger partial charge in [-0.15, -0.1) is 0 Å². The van der Waals surface area contributed by atoms with Crippen LogP contribution < -0.4 is 10.0 Å². The molecule has 3 aromatic rings. The molecule has 2 aliphatic rings. The highest BCUT2D eigenvalue weighted by Gasteiger charge is 2.16. The Morgan fingerprint density at radius 3 is 2.69 bits per heavy atom. The zero-order valence-electron chi connectivity index (χ0n) is 21.5. The lowest BCUT2D eigenvalue weighted by atomic mass is 9.97. The lowest BCUT2D eigenvalue weighted by Gasteiger charge is -2.26. The maximum atomic E-state index is 14.5. The summed E-state index contributed by atoms with van der Waals surface area (Å²) in [5.41, 5.74) is 5.19. The summed E-state index contributed by atoms with van der Waals surface area (Å²) in [6.07, 6.45) is 13.8. The number of aromatic nitrogens is 3. The molecule has 2 aliphatic heterocycles. The Bertz CT molecular complexity index is 1440. The number of pyridine rings is 1. The van der Waals surface area contributed by atoms with Gasteiger partial charge in [0.1, 0.15) is 11.5 Å². The lowest BCUT2D eigenvalue weighted by molar-refractivity contribution is 0.0360. The Labute approximate surface area is 230 Å². The summed E-state index contributed by atoms with van der Waals surface area (Å²) in [6.45, 7) is 5.19. The quantitative estimate of drug-likeness (QED) is 0.261. The Morgan fingerprint density at radius 1 is 1.13 bits per heavy atom. The Kier molecular flexibility index (Phi) is 8.50. The number of rotatable bonds is 9. The van der Waals surface area contributed by atoms with Crippen LogP contribution in [0.1, 0.15) is 11.1 Å². The molecule has 0 bridgehead atoms. The maximum absolute atomic E-state index is 14.5. The van der Waals surface area contributed by atoms with Crippen molar-refractivity contribution < 1.29 is 13.5 Å². The van der Waals surface area contributed by atoms with Gasteiger partial charge in [0.2, 0.25) is 0 Å². The first-order chi connectivity index (χ1) is 19.0. The fraction of sp³-hybridized carbons (Fsp3) is 0.250. The van der Waals surface area contributed by atoms with Crippen LogP contribution in [-0.4, -0.2) is 65.0 Å². The predicted molar refractivity (Wildman–Crippen MR) is 152 cm³/mol. The predicted octanol–water partition coefficient (Wildman–Crippen LogP) is 4.81. The molecular formula is C28H29F2N7OS. The van der Waals surface area contributed by atoms with E-state index in [1.807, 2.05) is 47.7 Å². The first-order valence-corrected chi connectivity index (χ1v) is 13.7. The zero-order chi connectivity index (χ0) is 27.2. The third-order valence-electron chi connectivity index (χ3n) is 6.51. The molecule has 0 saturated carbocycles. The van der Waals surface area contributed by atoms with Gasteiger partial charge in [-0.25, -0.2) is 8.78 Å². The molecule has 0 radical (unpaired) electrons. The first kappa shape index (κ1) is 26.8. The van der Waals surface area contributed by atoms with Gasteiger partial charge < -0.3 is 20.2 Å². The van der Waals surface area contributed by atoms with Crippen LogP contribution in [0.2, 0.25) is 0 Å². The van der Waals surface area contributed by atoms with Crippen molar-refractivity contribution in [3.63, 3.8) is 0 Å². The van der Waals surface area contributed by atoms with Gasteiger partial charge in [0.15, 0.2) is 5.82 Å². The minimum atomic E-state index is -0.750. The molecule has 1 saturated heterocycles. The van der Waals surface area contributed by atoms with Crippen LogP contribution in [-0.2, 0) is 11.3 Å². The second kappa shape index (κ2) is 12.4. The Balaban J connectivity index is 1.36. The minimum absolute atomic E-state index is 0.0386. The van der Waals surface area contributed by atoms with E-state index in [4.69, 9.17) is 10.1 Å². The van der Waals surface area contributed by atoms with Gasteiger partial charge in [0.05, 0.1) is 32.2 Å². The number of dihydropyridines is 1. The average Bonchev–Trinajstić information content (AvgIpc) is 3.43. The van der Waals surface area contributed by atoms with Crippen LogP contribution in [0.25, 0.3) is 22.4 Å². The van der Waals surface area contributed by atoms with E-state index in [1.165, 1.54) is 18.2 Å². The number of halogens is 2. The maximum Gasteiger partial charge on any atom is 0.152 e. The molecule has 202 valence electrons. The van der Waals surface area contributed by atoms with Crippen molar-refractivity contribution in [2.24, 2.45) is 0 Å². The van der Waals surface area contributed by atoms with Gasteiger partial charge in [0.25, 0.3) is 0 Å². The van der Waals surface area contributed by atoms with Gasteiger partial charge in [-0.3, -0.25) is 14.6 Å². The van der Waals surface area contributed by atoms with E-state index in [0.717, 1.165) is 62.8 Å². The molecule has 39 heavy (non-hydrogen) atoms.